The Morgan fingerprint density at radius 2 is 1.77 bits per heavy atom. The normalized spacial score (nSPS) is 10.4. The van der Waals surface area contributed by atoms with E-state index in [2.05, 4.69) is 10.6 Å². The van der Waals surface area contributed by atoms with Crippen LogP contribution in [0.5, 0.6) is 5.75 Å². The van der Waals surface area contributed by atoms with Crippen LogP contribution in [0.1, 0.15) is 10.4 Å². The fourth-order valence-electron chi connectivity index (χ4n) is 2.61. The summed E-state index contributed by atoms with van der Waals surface area (Å²) in [5.74, 6) is -1.75. The first kappa shape index (κ1) is 21.3. The Hall–Kier alpha value is -3.39. The number of halogens is 2. The van der Waals surface area contributed by atoms with E-state index in [9.17, 15) is 18.4 Å². The van der Waals surface area contributed by atoms with Crippen molar-refractivity contribution < 1.29 is 23.1 Å². The number of carbonyl (C=O) groups excluding carboxylic acids is 2. The van der Waals surface area contributed by atoms with Crippen molar-refractivity contribution in [2.75, 3.05) is 23.5 Å². The summed E-state index contributed by atoms with van der Waals surface area (Å²) in [5.41, 5.74) is 1.14. The van der Waals surface area contributed by atoms with E-state index in [0.717, 1.165) is 23.9 Å². The third-order valence-electron chi connectivity index (χ3n) is 4.03. The molecule has 0 heterocycles. The van der Waals surface area contributed by atoms with Crippen LogP contribution in [0, 0.1) is 11.6 Å². The topological polar surface area (TPSA) is 67.4 Å². The number of carbonyl (C=O) groups is 2. The van der Waals surface area contributed by atoms with Crippen LogP contribution in [0.3, 0.4) is 0 Å². The van der Waals surface area contributed by atoms with Gasteiger partial charge in [0.2, 0.25) is 5.91 Å². The number of ether oxygens (including phenoxy) is 1. The Bertz CT molecular complexity index is 1080. The van der Waals surface area contributed by atoms with Gasteiger partial charge in [0, 0.05) is 22.7 Å². The fraction of sp³-hybridized carbons (Fsp3) is 0.0909. The number of methoxy groups -OCH3 is 1. The van der Waals surface area contributed by atoms with Crippen molar-refractivity contribution >= 4 is 35.0 Å². The van der Waals surface area contributed by atoms with E-state index in [1.165, 1.54) is 13.2 Å². The predicted octanol–water partition coefficient (Wildman–Crippen LogP) is 4.96. The lowest BCUT2D eigenvalue weighted by atomic mass is 10.1. The molecule has 0 fully saturated rings. The fourth-order valence-corrected chi connectivity index (χ4v) is 3.33. The quantitative estimate of drug-likeness (QED) is 0.522. The zero-order valence-corrected chi connectivity index (χ0v) is 16.8. The van der Waals surface area contributed by atoms with Crippen molar-refractivity contribution in [1.29, 1.82) is 0 Å². The van der Waals surface area contributed by atoms with Crippen LogP contribution >= 0.6 is 11.8 Å². The smallest absolute Gasteiger partial charge is 0.257 e. The van der Waals surface area contributed by atoms with Crippen LogP contribution in [0.15, 0.2) is 71.6 Å². The number of hydrogen-bond acceptors (Lipinski definition) is 4. The Morgan fingerprint density at radius 1 is 0.967 bits per heavy atom. The molecule has 3 aromatic rings. The van der Waals surface area contributed by atoms with Gasteiger partial charge in [-0.25, -0.2) is 8.78 Å². The summed E-state index contributed by atoms with van der Waals surface area (Å²) in [6.07, 6.45) is 0. The number of benzene rings is 3. The molecule has 8 heteroatoms. The van der Waals surface area contributed by atoms with Crippen LogP contribution in [0.25, 0.3) is 0 Å². The van der Waals surface area contributed by atoms with Gasteiger partial charge in [0.1, 0.15) is 17.4 Å². The van der Waals surface area contributed by atoms with Gasteiger partial charge in [0.25, 0.3) is 5.91 Å². The van der Waals surface area contributed by atoms with Gasteiger partial charge in [-0.2, -0.15) is 0 Å². The number of hydrogen-bond donors (Lipinski definition) is 2. The summed E-state index contributed by atoms with van der Waals surface area (Å²) in [4.78, 5) is 25.1. The average molecular weight is 428 g/mol. The summed E-state index contributed by atoms with van der Waals surface area (Å²) in [5, 5.41) is 5.42. The maximum atomic E-state index is 13.7. The van der Waals surface area contributed by atoms with E-state index in [1.54, 1.807) is 48.5 Å². The molecular weight excluding hydrogens is 410 g/mol. The van der Waals surface area contributed by atoms with Gasteiger partial charge >= 0.3 is 0 Å². The van der Waals surface area contributed by atoms with Crippen molar-refractivity contribution in [3.05, 3.63) is 83.9 Å². The molecule has 0 aromatic heterocycles. The standard InChI is InChI=1S/C22H18F2N2O3S/c1-29-16-6-4-5-15(12-16)25-22(28)17-7-2-3-8-19(17)26-21(27)13-30-20-10-9-14(23)11-18(20)24/h2-12H,13H2,1H3,(H,25,28)(H,26,27). The summed E-state index contributed by atoms with van der Waals surface area (Å²) in [7, 11) is 1.53. The maximum absolute atomic E-state index is 13.7. The molecule has 5 nitrogen and oxygen atoms in total. The van der Waals surface area contributed by atoms with E-state index in [-0.39, 0.29) is 16.2 Å². The molecule has 3 aromatic carbocycles. The van der Waals surface area contributed by atoms with Gasteiger partial charge < -0.3 is 15.4 Å². The highest BCUT2D eigenvalue weighted by molar-refractivity contribution is 8.00. The van der Waals surface area contributed by atoms with Crippen molar-refractivity contribution in [1.82, 2.24) is 0 Å². The molecule has 154 valence electrons. The lowest BCUT2D eigenvalue weighted by molar-refractivity contribution is -0.113. The lowest BCUT2D eigenvalue weighted by Crippen LogP contribution is -2.19. The van der Waals surface area contributed by atoms with Crippen LogP contribution in [0.4, 0.5) is 20.2 Å². The monoisotopic (exact) mass is 428 g/mol. The van der Waals surface area contributed by atoms with E-state index in [0.29, 0.717) is 17.1 Å². The molecule has 0 spiro atoms. The van der Waals surface area contributed by atoms with Crippen molar-refractivity contribution in [3.8, 4) is 5.75 Å². The molecule has 0 aliphatic heterocycles. The minimum atomic E-state index is -0.731. The molecule has 0 radical (unpaired) electrons. The third-order valence-corrected chi connectivity index (χ3v) is 5.07. The molecule has 2 N–H and O–H groups in total. The highest BCUT2D eigenvalue weighted by atomic mass is 32.2. The molecule has 0 saturated heterocycles. The Kier molecular flexibility index (Phi) is 7.03. The largest absolute Gasteiger partial charge is 0.497 e. The van der Waals surface area contributed by atoms with E-state index >= 15 is 0 Å². The summed E-state index contributed by atoms with van der Waals surface area (Å²) >= 11 is 0.936. The van der Waals surface area contributed by atoms with Gasteiger partial charge in [-0.1, -0.05) is 18.2 Å². The zero-order valence-electron chi connectivity index (χ0n) is 15.9. The first-order valence-corrected chi connectivity index (χ1v) is 9.87. The molecule has 0 bridgehead atoms. The number of rotatable bonds is 7. The van der Waals surface area contributed by atoms with Gasteiger partial charge in [0.05, 0.1) is 24.1 Å². The average Bonchev–Trinajstić information content (AvgIpc) is 2.73. The Morgan fingerprint density at radius 3 is 2.53 bits per heavy atom. The molecule has 0 aliphatic carbocycles. The van der Waals surface area contributed by atoms with Crippen LogP contribution in [0.2, 0.25) is 0 Å². The van der Waals surface area contributed by atoms with Crippen molar-refractivity contribution in [2.24, 2.45) is 0 Å². The van der Waals surface area contributed by atoms with Gasteiger partial charge in [-0.15, -0.1) is 11.8 Å². The van der Waals surface area contributed by atoms with E-state index < -0.39 is 23.4 Å². The number of anilines is 2. The first-order valence-electron chi connectivity index (χ1n) is 8.88. The first-order chi connectivity index (χ1) is 14.5. The third kappa shape index (κ3) is 5.57. The van der Waals surface area contributed by atoms with Crippen molar-refractivity contribution in [2.45, 2.75) is 4.90 Å². The zero-order chi connectivity index (χ0) is 21.5. The second-order valence-corrected chi connectivity index (χ2v) is 7.16. The highest BCUT2D eigenvalue weighted by Gasteiger charge is 2.14. The number of amides is 2. The Balaban J connectivity index is 1.66. The van der Waals surface area contributed by atoms with Crippen molar-refractivity contribution in [3.63, 3.8) is 0 Å². The number of thioether (sulfide) groups is 1. The van der Waals surface area contributed by atoms with Gasteiger partial charge in [0.15, 0.2) is 0 Å². The van der Waals surface area contributed by atoms with E-state index in [4.69, 9.17) is 4.74 Å². The molecule has 3 rings (SSSR count). The Labute approximate surface area is 176 Å². The minimum absolute atomic E-state index is 0.103. The SMILES string of the molecule is COc1cccc(NC(=O)c2ccccc2NC(=O)CSc2ccc(F)cc2F)c1. The molecule has 0 aliphatic rings. The molecular formula is C22H18F2N2O3S. The lowest BCUT2D eigenvalue weighted by Gasteiger charge is -2.12. The summed E-state index contributed by atoms with van der Waals surface area (Å²) in [6.45, 7) is 0. The van der Waals surface area contributed by atoms with Gasteiger partial charge in [-0.05, 0) is 36.4 Å². The molecule has 0 unspecified atom stereocenters. The number of para-hydroxylation sites is 1. The molecule has 2 amide bonds. The van der Waals surface area contributed by atoms with Crippen LogP contribution < -0.4 is 15.4 Å². The van der Waals surface area contributed by atoms with Crippen LogP contribution in [-0.4, -0.2) is 24.7 Å². The summed E-state index contributed by atoms with van der Waals surface area (Å²) < 4.78 is 31.8. The second-order valence-electron chi connectivity index (χ2n) is 6.14. The highest BCUT2D eigenvalue weighted by Crippen LogP contribution is 2.24. The van der Waals surface area contributed by atoms with Gasteiger partial charge in [-0.3, -0.25) is 9.59 Å². The molecule has 0 saturated carbocycles. The minimum Gasteiger partial charge on any atom is -0.497 e. The van der Waals surface area contributed by atoms with E-state index in [1.807, 2.05) is 0 Å². The molecule has 0 atom stereocenters. The molecule has 30 heavy (non-hydrogen) atoms. The number of nitrogens with one attached hydrogen (secondary N) is 2. The van der Waals surface area contributed by atoms with Crippen LogP contribution in [-0.2, 0) is 4.79 Å². The summed E-state index contributed by atoms with van der Waals surface area (Å²) in [6, 6.07) is 16.6. The predicted molar refractivity (Wildman–Crippen MR) is 113 cm³/mol. The second kappa shape index (κ2) is 9.89. The maximum Gasteiger partial charge on any atom is 0.257 e.